The second kappa shape index (κ2) is 5.75. The molecule has 1 N–H and O–H groups in total. The number of hydrogen-bond donors (Lipinski definition) is 1. The highest BCUT2D eigenvalue weighted by Gasteiger charge is 2.34. The van der Waals surface area contributed by atoms with Gasteiger partial charge in [0.25, 0.3) is 0 Å². The fourth-order valence-electron chi connectivity index (χ4n) is 3.11. The Balaban J connectivity index is 1.75. The first-order valence-corrected chi connectivity index (χ1v) is 7.45. The van der Waals surface area contributed by atoms with Crippen molar-refractivity contribution in [1.82, 2.24) is 19.4 Å². The predicted molar refractivity (Wildman–Crippen MR) is 74.6 cm³/mol. The zero-order valence-corrected chi connectivity index (χ0v) is 11.9. The second-order valence-electron chi connectivity index (χ2n) is 5.64. The van der Waals surface area contributed by atoms with Gasteiger partial charge in [-0.05, 0) is 12.8 Å². The molecule has 21 heavy (non-hydrogen) atoms. The lowest BCUT2D eigenvalue weighted by Gasteiger charge is -2.35. The number of nitrogens with zero attached hydrogens (tertiary/aromatic N) is 4. The third-order valence-electron chi connectivity index (χ3n) is 4.30. The Labute approximate surface area is 123 Å². The van der Waals surface area contributed by atoms with Gasteiger partial charge in [-0.25, -0.2) is 14.6 Å². The highest BCUT2D eigenvalue weighted by molar-refractivity contribution is 5.82. The van der Waals surface area contributed by atoms with E-state index in [1.807, 2.05) is 10.8 Å². The highest BCUT2D eigenvalue weighted by Crippen LogP contribution is 2.20. The number of aliphatic carboxylic acids is 1. The van der Waals surface area contributed by atoms with Gasteiger partial charge in [-0.3, -0.25) is 0 Å². The fraction of sp³-hybridized carbons (Fsp3) is 0.643. The van der Waals surface area contributed by atoms with E-state index < -0.39 is 12.0 Å². The van der Waals surface area contributed by atoms with E-state index in [9.17, 15) is 14.7 Å². The van der Waals surface area contributed by atoms with Crippen molar-refractivity contribution < 1.29 is 14.7 Å². The molecule has 1 fully saturated rings. The van der Waals surface area contributed by atoms with Crippen molar-refractivity contribution in [2.24, 2.45) is 0 Å². The maximum Gasteiger partial charge on any atom is 0.326 e. The molecule has 0 aromatic carbocycles. The summed E-state index contributed by atoms with van der Waals surface area (Å²) in [5.74, 6) is -0.0416. The smallest absolute Gasteiger partial charge is 0.326 e. The minimum absolute atomic E-state index is 0.168. The molecule has 3 rings (SSSR count). The highest BCUT2D eigenvalue weighted by atomic mass is 16.4. The molecule has 7 heteroatoms. The molecule has 0 bridgehead atoms. The third kappa shape index (κ3) is 2.72. The van der Waals surface area contributed by atoms with Crippen molar-refractivity contribution in [2.45, 2.75) is 44.8 Å². The van der Waals surface area contributed by atoms with E-state index in [0.29, 0.717) is 32.6 Å². The zero-order chi connectivity index (χ0) is 14.8. The number of imidazole rings is 1. The molecular weight excluding hydrogens is 272 g/mol. The summed E-state index contributed by atoms with van der Waals surface area (Å²) in [5, 5.41) is 9.38. The average Bonchev–Trinajstić information content (AvgIpc) is 2.80. The van der Waals surface area contributed by atoms with E-state index in [1.54, 1.807) is 11.1 Å². The van der Waals surface area contributed by atoms with Crippen LogP contribution in [-0.2, 0) is 17.9 Å². The normalized spacial score (nSPS) is 22.6. The number of urea groups is 1. The van der Waals surface area contributed by atoms with E-state index in [4.69, 9.17) is 0 Å². The summed E-state index contributed by atoms with van der Waals surface area (Å²) >= 11 is 0. The van der Waals surface area contributed by atoms with Crippen LogP contribution in [0.3, 0.4) is 0 Å². The van der Waals surface area contributed by atoms with Crippen LogP contribution in [0.1, 0.15) is 31.5 Å². The van der Waals surface area contributed by atoms with Crippen LogP contribution in [0.2, 0.25) is 0 Å². The number of fused-ring (bicyclic) bond motifs is 1. The van der Waals surface area contributed by atoms with Crippen LogP contribution >= 0.6 is 0 Å². The van der Waals surface area contributed by atoms with Gasteiger partial charge in [0.2, 0.25) is 0 Å². The molecule has 1 aromatic rings. The maximum atomic E-state index is 12.7. The number of carboxylic acid groups (broad SMARTS) is 1. The van der Waals surface area contributed by atoms with Crippen LogP contribution in [0.25, 0.3) is 0 Å². The summed E-state index contributed by atoms with van der Waals surface area (Å²) in [7, 11) is 0. The first-order valence-electron chi connectivity index (χ1n) is 7.45. The van der Waals surface area contributed by atoms with Gasteiger partial charge in [0.05, 0.1) is 6.54 Å². The summed E-state index contributed by atoms with van der Waals surface area (Å²) in [6, 6.07) is -0.861. The number of rotatable bonds is 1. The molecule has 1 saturated heterocycles. The van der Waals surface area contributed by atoms with Gasteiger partial charge in [-0.15, -0.1) is 0 Å². The molecule has 1 unspecified atom stereocenters. The average molecular weight is 292 g/mol. The molecule has 7 nitrogen and oxygen atoms in total. The van der Waals surface area contributed by atoms with E-state index in [0.717, 1.165) is 25.1 Å². The standard InChI is InChI=1S/C14H20N4O3/c19-13(20)11-4-2-1-3-6-18(11)14(21)17-9-8-16-7-5-15-12(16)10-17/h5,7,11H,1-4,6,8-10H2,(H,19,20). The van der Waals surface area contributed by atoms with Crippen molar-refractivity contribution in [3.05, 3.63) is 18.2 Å². The Morgan fingerprint density at radius 1 is 1.19 bits per heavy atom. The molecule has 0 radical (unpaired) electrons. The lowest BCUT2D eigenvalue weighted by molar-refractivity contribution is -0.142. The van der Waals surface area contributed by atoms with Crippen molar-refractivity contribution in [1.29, 1.82) is 0 Å². The van der Waals surface area contributed by atoms with Gasteiger partial charge in [0, 0.05) is 32.0 Å². The number of aromatic nitrogens is 2. The van der Waals surface area contributed by atoms with E-state index in [-0.39, 0.29) is 6.03 Å². The van der Waals surface area contributed by atoms with Gasteiger partial charge >= 0.3 is 12.0 Å². The van der Waals surface area contributed by atoms with Crippen LogP contribution in [0.4, 0.5) is 4.79 Å². The van der Waals surface area contributed by atoms with E-state index in [1.165, 1.54) is 4.90 Å². The van der Waals surface area contributed by atoms with Gasteiger partial charge in [0.15, 0.2) is 0 Å². The summed E-state index contributed by atoms with van der Waals surface area (Å²) in [4.78, 5) is 31.6. The second-order valence-corrected chi connectivity index (χ2v) is 5.64. The third-order valence-corrected chi connectivity index (χ3v) is 4.30. The quantitative estimate of drug-likeness (QED) is 0.842. The largest absolute Gasteiger partial charge is 0.480 e. The number of likely N-dealkylation sites (tertiary alicyclic amines) is 1. The number of hydrogen-bond acceptors (Lipinski definition) is 3. The van der Waals surface area contributed by atoms with Crippen molar-refractivity contribution >= 4 is 12.0 Å². The Hall–Kier alpha value is -2.05. The lowest BCUT2D eigenvalue weighted by atomic mass is 10.1. The van der Waals surface area contributed by atoms with Crippen LogP contribution in [0.5, 0.6) is 0 Å². The zero-order valence-electron chi connectivity index (χ0n) is 11.9. The Morgan fingerprint density at radius 3 is 2.86 bits per heavy atom. The molecule has 0 spiro atoms. The molecule has 2 aliphatic heterocycles. The molecule has 2 amide bonds. The minimum Gasteiger partial charge on any atom is -0.480 e. The first-order chi connectivity index (χ1) is 10.2. The molecule has 0 saturated carbocycles. The summed E-state index contributed by atoms with van der Waals surface area (Å²) in [5.41, 5.74) is 0. The van der Waals surface area contributed by atoms with E-state index in [2.05, 4.69) is 4.98 Å². The SMILES string of the molecule is O=C(O)C1CCCCCN1C(=O)N1CCn2ccnc2C1. The fourth-order valence-corrected chi connectivity index (χ4v) is 3.11. The monoisotopic (exact) mass is 292 g/mol. The molecular formula is C14H20N4O3. The van der Waals surface area contributed by atoms with Crippen molar-refractivity contribution in [2.75, 3.05) is 13.1 Å². The van der Waals surface area contributed by atoms with Crippen LogP contribution in [0, 0.1) is 0 Å². The molecule has 114 valence electrons. The summed E-state index contributed by atoms with van der Waals surface area (Å²) in [6.07, 6.45) is 6.91. The summed E-state index contributed by atoms with van der Waals surface area (Å²) in [6.45, 7) is 2.30. The predicted octanol–water partition coefficient (Wildman–Crippen LogP) is 1.15. The molecule has 0 aliphatic carbocycles. The summed E-state index contributed by atoms with van der Waals surface area (Å²) < 4.78 is 2.03. The number of carbonyl (C=O) groups excluding carboxylic acids is 1. The van der Waals surface area contributed by atoms with Crippen LogP contribution in [-0.4, -0.2) is 55.6 Å². The maximum absolute atomic E-state index is 12.7. The van der Waals surface area contributed by atoms with Crippen molar-refractivity contribution in [3.8, 4) is 0 Å². The van der Waals surface area contributed by atoms with Gasteiger partial charge in [-0.1, -0.05) is 12.8 Å². The van der Waals surface area contributed by atoms with Crippen LogP contribution < -0.4 is 0 Å². The molecule has 1 aromatic heterocycles. The Kier molecular flexibility index (Phi) is 3.81. The van der Waals surface area contributed by atoms with Gasteiger partial charge in [-0.2, -0.15) is 0 Å². The number of amides is 2. The minimum atomic E-state index is -0.899. The Bertz CT molecular complexity index is 542. The Morgan fingerprint density at radius 2 is 2.05 bits per heavy atom. The number of carbonyl (C=O) groups is 2. The van der Waals surface area contributed by atoms with Gasteiger partial charge < -0.3 is 19.5 Å². The van der Waals surface area contributed by atoms with Crippen molar-refractivity contribution in [3.63, 3.8) is 0 Å². The first kappa shape index (κ1) is 13.9. The van der Waals surface area contributed by atoms with Crippen LogP contribution in [0.15, 0.2) is 12.4 Å². The number of carboxylic acids is 1. The molecule has 1 atom stereocenters. The molecule has 3 heterocycles. The van der Waals surface area contributed by atoms with E-state index >= 15 is 0 Å². The topological polar surface area (TPSA) is 78.7 Å². The molecule has 2 aliphatic rings. The lowest BCUT2D eigenvalue weighted by Crippen LogP contribution is -2.52. The van der Waals surface area contributed by atoms with Gasteiger partial charge in [0.1, 0.15) is 11.9 Å².